The molecule has 0 aliphatic heterocycles. The molecule has 3 rings (SSSR count). The lowest BCUT2D eigenvalue weighted by Crippen LogP contribution is -2.34. The van der Waals surface area contributed by atoms with E-state index in [-0.39, 0.29) is 17.2 Å². The Morgan fingerprint density at radius 2 is 1.93 bits per heavy atom. The molecule has 1 unspecified atom stereocenters. The van der Waals surface area contributed by atoms with Crippen LogP contribution in [0.3, 0.4) is 0 Å². The highest BCUT2D eigenvalue weighted by Gasteiger charge is 2.18. The molecule has 0 aliphatic carbocycles. The van der Waals surface area contributed by atoms with Crippen LogP contribution in [-0.4, -0.2) is 38.6 Å². The third-order valence-corrected chi connectivity index (χ3v) is 4.42. The van der Waals surface area contributed by atoms with Gasteiger partial charge in [0.25, 0.3) is 5.91 Å². The van der Waals surface area contributed by atoms with Gasteiger partial charge >= 0.3 is 0 Å². The number of carbonyl (C=O) groups is 1. The summed E-state index contributed by atoms with van der Waals surface area (Å²) in [7, 11) is 5.49. The molecular weight excluding hydrogens is 344 g/mol. The predicted molar refractivity (Wildman–Crippen MR) is 104 cm³/mol. The Bertz CT molecular complexity index is 1010. The topological polar surface area (TPSA) is 71.8 Å². The second kappa shape index (κ2) is 8.05. The molecule has 27 heavy (non-hydrogen) atoms. The number of para-hydroxylation sites is 1. The molecule has 2 aromatic carbocycles. The van der Waals surface area contributed by atoms with Crippen LogP contribution >= 0.6 is 0 Å². The van der Waals surface area contributed by atoms with Crippen molar-refractivity contribution < 1.29 is 13.9 Å². The summed E-state index contributed by atoms with van der Waals surface area (Å²) >= 11 is 0. The molecule has 1 amide bonds. The van der Waals surface area contributed by atoms with Crippen LogP contribution in [0, 0.1) is 0 Å². The summed E-state index contributed by atoms with van der Waals surface area (Å²) in [5, 5.41) is 3.31. The normalized spacial score (nSPS) is 12.1. The zero-order chi connectivity index (χ0) is 19.4. The zero-order valence-corrected chi connectivity index (χ0v) is 15.6. The molecule has 0 radical (unpaired) electrons. The molecule has 0 saturated heterocycles. The van der Waals surface area contributed by atoms with Crippen LogP contribution in [-0.2, 0) is 0 Å². The van der Waals surface area contributed by atoms with Crippen LogP contribution in [0.4, 0.5) is 0 Å². The summed E-state index contributed by atoms with van der Waals surface area (Å²) in [6.45, 7) is 0.357. The summed E-state index contributed by atoms with van der Waals surface area (Å²) in [6, 6.07) is 15.7. The standard InChI is InChI=1S/C21H22N2O4/c1-23(2)17(14-7-6-8-15(11-14)26-3)13-22-21(25)20-12-18(24)16-9-4-5-10-19(16)27-20/h4-12,17H,13H2,1-3H3,(H,22,25). The Balaban J connectivity index is 1.79. The first-order valence-electron chi connectivity index (χ1n) is 8.61. The molecular formula is C21H22N2O4. The number of nitrogens with zero attached hydrogens (tertiary/aromatic N) is 1. The van der Waals surface area contributed by atoms with Gasteiger partial charge in [-0.3, -0.25) is 9.59 Å². The largest absolute Gasteiger partial charge is 0.497 e. The van der Waals surface area contributed by atoms with Gasteiger partial charge in [0, 0.05) is 12.6 Å². The number of benzene rings is 2. The van der Waals surface area contributed by atoms with Gasteiger partial charge in [-0.25, -0.2) is 0 Å². The van der Waals surface area contributed by atoms with E-state index < -0.39 is 5.91 Å². The van der Waals surface area contributed by atoms with E-state index in [0.29, 0.717) is 17.5 Å². The van der Waals surface area contributed by atoms with E-state index in [9.17, 15) is 9.59 Å². The van der Waals surface area contributed by atoms with Crippen LogP contribution in [0.1, 0.15) is 22.2 Å². The van der Waals surface area contributed by atoms with Crippen LogP contribution < -0.4 is 15.5 Å². The van der Waals surface area contributed by atoms with Crippen molar-refractivity contribution in [1.82, 2.24) is 10.2 Å². The van der Waals surface area contributed by atoms with E-state index in [1.165, 1.54) is 6.07 Å². The van der Waals surface area contributed by atoms with Crippen molar-refractivity contribution in [2.75, 3.05) is 27.7 Å². The summed E-state index contributed by atoms with van der Waals surface area (Å²) in [4.78, 5) is 26.7. The van der Waals surface area contributed by atoms with Crippen molar-refractivity contribution in [3.05, 3.63) is 76.1 Å². The van der Waals surface area contributed by atoms with Gasteiger partial charge in [0.05, 0.1) is 18.5 Å². The quantitative estimate of drug-likeness (QED) is 0.726. The Kier molecular flexibility index (Phi) is 5.57. The second-order valence-electron chi connectivity index (χ2n) is 6.44. The van der Waals surface area contributed by atoms with Crippen LogP contribution in [0.15, 0.2) is 63.8 Å². The van der Waals surface area contributed by atoms with Crippen molar-refractivity contribution in [2.24, 2.45) is 0 Å². The first-order valence-corrected chi connectivity index (χ1v) is 8.61. The molecule has 6 nitrogen and oxygen atoms in total. The number of rotatable bonds is 6. The summed E-state index contributed by atoms with van der Waals surface area (Å²) in [5.41, 5.74) is 1.17. The van der Waals surface area contributed by atoms with Gasteiger partial charge in [-0.1, -0.05) is 24.3 Å². The Hall–Kier alpha value is -3.12. The number of likely N-dealkylation sites (N-methyl/N-ethyl adjacent to an activating group) is 1. The molecule has 0 spiro atoms. The molecule has 140 valence electrons. The highest BCUT2D eigenvalue weighted by molar-refractivity contribution is 5.93. The van der Waals surface area contributed by atoms with Crippen molar-refractivity contribution in [3.8, 4) is 5.75 Å². The van der Waals surface area contributed by atoms with Crippen molar-refractivity contribution >= 4 is 16.9 Å². The fourth-order valence-corrected chi connectivity index (χ4v) is 2.94. The zero-order valence-electron chi connectivity index (χ0n) is 15.6. The van der Waals surface area contributed by atoms with Crippen molar-refractivity contribution in [2.45, 2.75) is 6.04 Å². The maximum absolute atomic E-state index is 12.5. The minimum Gasteiger partial charge on any atom is -0.497 e. The first kappa shape index (κ1) is 18.7. The lowest BCUT2D eigenvalue weighted by Gasteiger charge is -2.25. The first-order chi connectivity index (χ1) is 13.0. The average molecular weight is 366 g/mol. The van der Waals surface area contributed by atoms with Gasteiger partial charge in [-0.2, -0.15) is 0 Å². The minimum atomic E-state index is -0.424. The van der Waals surface area contributed by atoms with E-state index in [0.717, 1.165) is 11.3 Å². The van der Waals surface area contributed by atoms with E-state index in [2.05, 4.69) is 5.32 Å². The van der Waals surface area contributed by atoms with Gasteiger partial charge in [0.15, 0.2) is 11.2 Å². The van der Waals surface area contributed by atoms with Crippen LogP contribution in [0.2, 0.25) is 0 Å². The van der Waals surface area contributed by atoms with Gasteiger partial charge in [-0.05, 0) is 43.9 Å². The number of carbonyl (C=O) groups excluding carboxylic acids is 1. The van der Waals surface area contributed by atoms with Crippen molar-refractivity contribution in [1.29, 1.82) is 0 Å². The smallest absolute Gasteiger partial charge is 0.287 e. The summed E-state index contributed by atoms with van der Waals surface area (Å²) in [6.07, 6.45) is 0. The molecule has 0 bridgehead atoms. The lowest BCUT2D eigenvalue weighted by atomic mass is 10.1. The molecule has 1 atom stereocenters. The van der Waals surface area contributed by atoms with E-state index in [4.69, 9.17) is 9.15 Å². The van der Waals surface area contributed by atoms with E-state index in [1.807, 2.05) is 43.3 Å². The number of amides is 1. The number of hydrogen-bond donors (Lipinski definition) is 1. The molecule has 0 aliphatic rings. The minimum absolute atomic E-state index is 0.00171. The number of nitrogens with one attached hydrogen (secondary N) is 1. The van der Waals surface area contributed by atoms with Crippen molar-refractivity contribution in [3.63, 3.8) is 0 Å². The highest BCUT2D eigenvalue weighted by atomic mass is 16.5. The molecule has 1 aromatic heterocycles. The van der Waals surface area contributed by atoms with Gasteiger partial charge in [0.2, 0.25) is 0 Å². The summed E-state index contributed by atoms with van der Waals surface area (Å²) < 4.78 is 10.9. The predicted octanol–water partition coefficient (Wildman–Crippen LogP) is 2.83. The highest BCUT2D eigenvalue weighted by Crippen LogP contribution is 2.22. The van der Waals surface area contributed by atoms with E-state index >= 15 is 0 Å². The second-order valence-corrected chi connectivity index (χ2v) is 6.44. The molecule has 1 N–H and O–H groups in total. The Labute approximate surface area is 157 Å². The van der Waals surface area contributed by atoms with Crippen LogP contribution in [0.25, 0.3) is 11.0 Å². The fraction of sp³-hybridized carbons (Fsp3) is 0.238. The molecule has 1 heterocycles. The average Bonchev–Trinajstić information content (AvgIpc) is 2.68. The number of ether oxygens (including phenoxy) is 1. The molecule has 6 heteroatoms. The Morgan fingerprint density at radius 1 is 1.15 bits per heavy atom. The monoisotopic (exact) mass is 366 g/mol. The maximum Gasteiger partial charge on any atom is 0.287 e. The summed E-state index contributed by atoms with van der Waals surface area (Å²) in [5.74, 6) is 0.334. The van der Waals surface area contributed by atoms with Gasteiger partial charge in [0.1, 0.15) is 11.3 Å². The van der Waals surface area contributed by atoms with E-state index in [1.54, 1.807) is 31.4 Å². The molecule has 3 aromatic rings. The SMILES string of the molecule is COc1cccc(C(CNC(=O)c2cc(=O)c3ccccc3o2)N(C)C)c1. The maximum atomic E-state index is 12.5. The number of hydrogen-bond acceptors (Lipinski definition) is 5. The third kappa shape index (κ3) is 4.17. The van der Waals surface area contributed by atoms with Gasteiger partial charge in [-0.15, -0.1) is 0 Å². The molecule has 0 fully saturated rings. The van der Waals surface area contributed by atoms with Crippen LogP contribution in [0.5, 0.6) is 5.75 Å². The lowest BCUT2D eigenvalue weighted by molar-refractivity contribution is 0.0914. The molecule has 0 saturated carbocycles. The number of methoxy groups -OCH3 is 1. The Morgan fingerprint density at radius 3 is 2.67 bits per heavy atom. The van der Waals surface area contributed by atoms with Gasteiger partial charge < -0.3 is 19.4 Å². The number of fused-ring (bicyclic) bond motifs is 1. The fourth-order valence-electron chi connectivity index (χ4n) is 2.94. The third-order valence-electron chi connectivity index (χ3n) is 4.42.